The van der Waals surface area contributed by atoms with Crippen LogP contribution in [0.2, 0.25) is 0 Å². The Morgan fingerprint density at radius 1 is 0.975 bits per heavy atom. The summed E-state index contributed by atoms with van der Waals surface area (Å²) in [5.74, 6) is 4.54. The fourth-order valence-corrected chi connectivity index (χ4v) is 8.47. The number of aromatic hydroxyl groups is 1. The van der Waals surface area contributed by atoms with Crippen LogP contribution in [0.5, 0.6) is 11.5 Å². The summed E-state index contributed by atoms with van der Waals surface area (Å²) in [6, 6.07) is 15.5. The summed E-state index contributed by atoms with van der Waals surface area (Å²) in [6.45, 7) is 4.32. The molecule has 210 valence electrons. The van der Waals surface area contributed by atoms with Crippen LogP contribution in [0.15, 0.2) is 53.6 Å². The minimum Gasteiger partial charge on any atom is -0.507 e. The Labute approximate surface area is 240 Å². The van der Waals surface area contributed by atoms with E-state index in [4.69, 9.17) is 27.2 Å². The Bertz CT molecular complexity index is 1440. The molecule has 8 nitrogen and oxygen atoms in total. The summed E-state index contributed by atoms with van der Waals surface area (Å²) in [6.07, 6.45) is 9.42. The Hall–Kier alpha value is -3.17. The first-order valence-electron chi connectivity index (χ1n) is 14.6. The number of para-hydroxylation sites is 3. The second-order valence-corrected chi connectivity index (χ2v) is 12.7. The number of nitrogens with zero attached hydrogens (tertiary/aromatic N) is 6. The lowest BCUT2D eigenvalue weighted by atomic mass is 9.49. The first kappa shape index (κ1) is 25.8. The molecule has 1 aromatic heterocycles. The molecule has 1 aliphatic heterocycles. The average molecular weight is 559 g/mol. The van der Waals surface area contributed by atoms with Gasteiger partial charge in [0.25, 0.3) is 0 Å². The van der Waals surface area contributed by atoms with Gasteiger partial charge in [-0.1, -0.05) is 24.3 Å². The van der Waals surface area contributed by atoms with Crippen LogP contribution in [0.25, 0.3) is 0 Å². The van der Waals surface area contributed by atoms with Crippen molar-refractivity contribution >= 4 is 24.1 Å². The summed E-state index contributed by atoms with van der Waals surface area (Å²) in [5.41, 5.74) is 1.88. The topological polar surface area (TPSA) is 71.0 Å². The number of piperazine rings is 1. The van der Waals surface area contributed by atoms with Crippen molar-refractivity contribution in [1.82, 2.24) is 19.4 Å². The van der Waals surface area contributed by atoms with Crippen molar-refractivity contribution in [3.63, 3.8) is 0 Å². The maximum absolute atomic E-state index is 10.3. The lowest BCUT2D eigenvalue weighted by Crippen LogP contribution is -2.49. The monoisotopic (exact) mass is 558 g/mol. The highest BCUT2D eigenvalue weighted by atomic mass is 32.1. The van der Waals surface area contributed by atoms with Gasteiger partial charge in [0.05, 0.1) is 25.7 Å². The fourth-order valence-electron chi connectivity index (χ4n) is 8.24. The molecule has 1 saturated heterocycles. The minimum absolute atomic E-state index is 0.0478. The minimum atomic E-state index is 0.0478. The molecule has 2 heterocycles. The third kappa shape index (κ3) is 4.63. The molecule has 5 fully saturated rings. The number of rotatable bonds is 7. The SMILES string of the molecule is COc1ccccc1N1CCN(Cn2nc(C34CC5CC(CC(C5)C3)C4)n(/N=C/c3ccccc3O)c2=S)CC1. The standard InChI is InChI=1S/C31H38N6O2S/c1-39-28-9-5-3-7-26(28)35-12-10-34(11-13-35)21-36-30(40)37(32-20-25-6-2-4-8-27(25)38)29(33-36)31-17-22-14-23(18-31)16-24(15-22)19-31/h2-9,20,22-24,38H,10-19,21H2,1H3/b32-20+. The van der Waals surface area contributed by atoms with E-state index in [9.17, 15) is 5.11 Å². The molecule has 0 amide bonds. The number of methoxy groups -OCH3 is 1. The van der Waals surface area contributed by atoms with Crippen LogP contribution in [0, 0.1) is 22.5 Å². The maximum Gasteiger partial charge on any atom is 0.220 e. The highest BCUT2D eigenvalue weighted by Gasteiger charge is 2.54. The van der Waals surface area contributed by atoms with Crippen molar-refractivity contribution in [2.45, 2.75) is 50.6 Å². The molecule has 40 heavy (non-hydrogen) atoms. The predicted octanol–water partition coefficient (Wildman–Crippen LogP) is 5.26. The van der Waals surface area contributed by atoms with Crippen molar-refractivity contribution in [1.29, 1.82) is 0 Å². The smallest absolute Gasteiger partial charge is 0.220 e. The average Bonchev–Trinajstić information content (AvgIpc) is 3.27. The van der Waals surface area contributed by atoms with Crippen molar-refractivity contribution in [3.05, 3.63) is 64.7 Å². The van der Waals surface area contributed by atoms with Crippen LogP contribution >= 0.6 is 12.2 Å². The molecule has 4 saturated carbocycles. The van der Waals surface area contributed by atoms with E-state index in [1.807, 2.05) is 39.7 Å². The molecule has 0 spiro atoms. The first-order chi connectivity index (χ1) is 19.5. The molecule has 4 bridgehead atoms. The Morgan fingerprint density at radius 2 is 1.62 bits per heavy atom. The molecule has 9 heteroatoms. The Kier molecular flexibility index (Phi) is 6.66. The zero-order chi connectivity index (χ0) is 27.3. The van der Waals surface area contributed by atoms with Crippen LogP contribution in [0.1, 0.15) is 49.9 Å². The van der Waals surface area contributed by atoms with Gasteiger partial charge >= 0.3 is 0 Å². The van der Waals surface area contributed by atoms with Gasteiger partial charge in [-0.05, 0) is 92.8 Å². The van der Waals surface area contributed by atoms with Gasteiger partial charge in [-0.25, -0.2) is 4.68 Å². The Balaban J connectivity index is 1.17. The summed E-state index contributed by atoms with van der Waals surface area (Å²) < 4.78 is 10.1. The second-order valence-electron chi connectivity index (χ2n) is 12.3. The summed E-state index contributed by atoms with van der Waals surface area (Å²) >= 11 is 6.05. The van der Waals surface area contributed by atoms with E-state index in [1.165, 1.54) is 38.5 Å². The molecule has 5 aliphatic rings. The number of hydrogen-bond acceptors (Lipinski definition) is 7. The van der Waals surface area contributed by atoms with Gasteiger partial charge in [-0.15, -0.1) is 0 Å². The van der Waals surface area contributed by atoms with Gasteiger partial charge in [0.15, 0.2) is 5.82 Å². The lowest BCUT2D eigenvalue weighted by Gasteiger charge is -2.55. The van der Waals surface area contributed by atoms with Gasteiger partial charge in [0.2, 0.25) is 4.77 Å². The van der Waals surface area contributed by atoms with E-state index in [1.54, 1.807) is 19.4 Å². The molecule has 0 unspecified atom stereocenters. The van der Waals surface area contributed by atoms with Crippen molar-refractivity contribution in [2.75, 3.05) is 38.2 Å². The molecular weight excluding hydrogens is 520 g/mol. The van der Waals surface area contributed by atoms with Crippen LogP contribution in [0.4, 0.5) is 5.69 Å². The van der Waals surface area contributed by atoms with E-state index in [0.29, 0.717) is 17.0 Å². The van der Waals surface area contributed by atoms with Gasteiger partial charge in [0.1, 0.15) is 11.5 Å². The fraction of sp³-hybridized carbons (Fsp3) is 0.516. The highest BCUT2D eigenvalue weighted by molar-refractivity contribution is 7.71. The normalized spacial score (nSPS) is 28.0. The van der Waals surface area contributed by atoms with E-state index in [0.717, 1.165) is 61.2 Å². The number of hydrogen-bond donors (Lipinski definition) is 1. The largest absolute Gasteiger partial charge is 0.507 e. The van der Waals surface area contributed by atoms with Gasteiger partial charge in [-0.3, -0.25) is 4.90 Å². The van der Waals surface area contributed by atoms with E-state index < -0.39 is 0 Å². The Morgan fingerprint density at radius 3 is 2.30 bits per heavy atom. The number of aromatic nitrogens is 3. The summed E-state index contributed by atoms with van der Waals surface area (Å²) in [7, 11) is 1.73. The quantitative estimate of drug-likeness (QED) is 0.315. The third-order valence-corrected chi connectivity index (χ3v) is 10.1. The molecule has 0 atom stereocenters. The van der Waals surface area contributed by atoms with Crippen LogP contribution in [0.3, 0.4) is 0 Å². The van der Waals surface area contributed by atoms with Crippen molar-refractivity contribution in [3.8, 4) is 11.5 Å². The zero-order valence-electron chi connectivity index (χ0n) is 23.2. The number of phenols is 1. The molecule has 1 N–H and O–H groups in total. The van der Waals surface area contributed by atoms with E-state index >= 15 is 0 Å². The van der Waals surface area contributed by atoms with Crippen molar-refractivity contribution in [2.24, 2.45) is 22.9 Å². The molecule has 8 rings (SSSR count). The highest BCUT2D eigenvalue weighted by Crippen LogP contribution is 2.60. The number of ether oxygens (including phenoxy) is 1. The van der Waals surface area contributed by atoms with E-state index in [2.05, 4.69) is 21.9 Å². The molecular formula is C31H38N6O2S. The summed E-state index contributed by atoms with van der Waals surface area (Å²) in [4.78, 5) is 4.82. The molecule has 4 aliphatic carbocycles. The van der Waals surface area contributed by atoms with Gasteiger partial charge in [0, 0.05) is 37.2 Å². The zero-order valence-corrected chi connectivity index (χ0v) is 24.0. The molecule has 0 radical (unpaired) electrons. The first-order valence-corrected chi connectivity index (χ1v) is 15.1. The number of benzene rings is 2. The van der Waals surface area contributed by atoms with Gasteiger partial charge in [-0.2, -0.15) is 14.9 Å². The van der Waals surface area contributed by atoms with Crippen LogP contribution in [-0.2, 0) is 12.1 Å². The van der Waals surface area contributed by atoms with Crippen molar-refractivity contribution < 1.29 is 9.84 Å². The number of phenolic OH excluding ortho intramolecular Hbond substituents is 1. The van der Waals surface area contributed by atoms with Crippen LogP contribution < -0.4 is 9.64 Å². The van der Waals surface area contributed by atoms with E-state index in [-0.39, 0.29) is 11.2 Å². The van der Waals surface area contributed by atoms with Gasteiger partial charge < -0.3 is 14.7 Å². The molecule has 3 aromatic rings. The third-order valence-electron chi connectivity index (χ3n) is 9.71. The predicted molar refractivity (Wildman–Crippen MR) is 159 cm³/mol. The maximum atomic E-state index is 10.3. The lowest BCUT2D eigenvalue weighted by molar-refractivity contribution is -0.0112. The second kappa shape index (κ2) is 10.3. The summed E-state index contributed by atoms with van der Waals surface area (Å²) in [5, 5.41) is 20.5. The molecule has 2 aromatic carbocycles. The number of anilines is 1. The van der Waals surface area contributed by atoms with Crippen LogP contribution in [-0.4, -0.2) is 64.0 Å².